The molecule has 0 aliphatic carbocycles. The summed E-state index contributed by atoms with van der Waals surface area (Å²) in [5.74, 6) is 0.479. The van der Waals surface area contributed by atoms with Gasteiger partial charge in [-0.2, -0.15) is 5.10 Å². The van der Waals surface area contributed by atoms with Gasteiger partial charge in [0.1, 0.15) is 11.9 Å². The van der Waals surface area contributed by atoms with E-state index in [0.717, 1.165) is 25.0 Å². The molecule has 3 heterocycles. The second-order valence-electron chi connectivity index (χ2n) is 6.81. The van der Waals surface area contributed by atoms with E-state index in [1.165, 1.54) is 0 Å². The fraction of sp³-hybridized carbons (Fsp3) is 0.750. The molecule has 0 radical (unpaired) electrons. The van der Waals surface area contributed by atoms with Crippen LogP contribution < -0.4 is 9.62 Å². The Hall–Kier alpha value is -1.45. The van der Waals surface area contributed by atoms with Crippen molar-refractivity contribution in [2.24, 2.45) is 7.05 Å². The zero-order valence-corrected chi connectivity index (χ0v) is 15.6. The molecule has 2 saturated heterocycles. The monoisotopic (exact) mass is 370 g/mol. The summed E-state index contributed by atoms with van der Waals surface area (Å²) in [5.41, 5.74) is 0.824. The van der Waals surface area contributed by atoms with Crippen molar-refractivity contribution in [3.05, 3.63) is 11.8 Å². The number of carbonyl (C=O) groups excluding carboxylic acids is 1. The van der Waals surface area contributed by atoms with Crippen LogP contribution in [0.5, 0.6) is 0 Å². The molecule has 1 aromatic heterocycles. The summed E-state index contributed by atoms with van der Waals surface area (Å²) in [6, 6.07) is 1.13. The van der Waals surface area contributed by atoms with E-state index in [0.29, 0.717) is 31.8 Å². The van der Waals surface area contributed by atoms with E-state index in [9.17, 15) is 13.2 Å². The average Bonchev–Trinajstić information content (AvgIpc) is 3.17. The molecule has 0 spiro atoms. The van der Waals surface area contributed by atoms with E-state index in [4.69, 9.17) is 4.74 Å². The first-order valence-corrected chi connectivity index (χ1v) is 10.4. The third-order valence-corrected chi connectivity index (χ3v) is 6.16. The first-order valence-electron chi connectivity index (χ1n) is 8.79. The zero-order valence-electron chi connectivity index (χ0n) is 14.8. The Bertz CT molecular complexity index is 724. The molecule has 8 nitrogen and oxygen atoms in total. The number of hydrogen-bond acceptors (Lipinski definition) is 5. The van der Waals surface area contributed by atoms with Crippen LogP contribution >= 0.6 is 0 Å². The zero-order chi connectivity index (χ0) is 18.0. The summed E-state index contributed by atoms with van der Waals surface area (Å²) in [6.45, 7) is 3.15. The Kier molecular flexibility index (Phi) is 5.45. The van der Waals surface area contributed by atoms with E-state index >= 15 is 0 Å². The third kappa shape index (κ3) is 4.39. The normalized spacial score (nSPS) is 24.9. The van der Waals surface area contributed by atoms with Gasteiger partial charge in [-0.1, -0.05) is 0 Å². The van der Waals surface area contributed by atoms with Gasteiger partial charge in [-0.15, -0.1) is 0 Å². The van der Waals surface area contributed by atoms with Crippen molar-refractivity contribution >= 4 is 21.7 Å². The van der Waals surface area contributed by atoms with E-state index in [1.54, 1.807) is 16.6 Å². The maximum absolute atomic E-state index is 12.8. The summed E-state index contributed by atoms with van der Waals surface area (Å²) >= 11 is 0. The number of aromatic nitrogens is 2. The highest BCUT2D eigenvalue weighted by molar-refractivity contribution is 7.89. The molecule has 2 atom stereocenters. The molecule has 1 amide bonds. The van der Waals surface area contributed by atoms with Gasteiger partial charge in [0, 0.05) is 26.3 Å². The van der Waals surface area contributed by atoms with E-state index in [2.05, 4.69) is 9.82 Å². The fourth-order valence-electron chi connectivity index (χ4n) is 3.50. The maximum atomic E-state index is 12.8. The molecule has 3 rings (SSSR count). The molecule has 2 aliphatic rings. The quantitative estimate of drug-likeness (QED) is 0.796. The van der Waals surface area contributed by atoms with Crippen LogP contribution in [0.2, 0.25) is 0 Å². The number of anilines is 1. The number of rotatable bonds is 6. The minimum absolute atomic E-state index is 0.00767. The molecule has 25 heavy (non-hydrogen) atoms. The minimum Gasteiger partial charge on any atom is -0.378 e. The highest BCUT2D eigenvalue weighted by Gasteiger charge is 2.34. The van der Waals surface area contributed by atoms with Crippen molar-refractivity contribution in [3.63, 3.8) is 0 Å². The highest BCUT2D eigenvalue weighted by atomic mass is 32.2. The fourth-order valence-corrected chi connectivity index (χ4v) is 4.84. The van der Waals surface area contributed by atoms with Crippen molar-refractivity contribution < 1.29 is 17.9 Å². The van der Waals surface area contributed by atoms with E-state index < -0.39 is 16.1 Å². The lowest BCUT2D eigenvalue weighted by Gasteiger charge is -2.32. The molecular formula is C16H26N4O4S. The number of nitrogens with one attached hydrogen (secondary N) is 1. The number of nitrogens with zero attached hydrogens (tertiary/aromatic N) is 3. The standard InChI is InChI=1S/C16H26N4O4S/c1-12-11-15(19(2)17-12)20-8-3-6-14(16(20)21)18-25(22,23)10-7-13-5-4-9-24-13/h11,13-14,18H,3-10H2,1-2H3. The number of amides is 1. The Morgan fingerprint density at radius 3 is 2.80 bits per heavy atom. The van der Waals surface area contributed by atoms with Crippen LogP contribution in [0.25, 0.3) is 0 Å². The Morgan fingerprint density at radius 1 is 1.36 bits per heavy atom. The number of hydrogen-bond donors (Lipinski definition) is 1. The van der Waals surface area contributed by atoms with Gasteiger partial charge < -0.3 is 4.74 Å². The number of carbonyl (C=O) groups is 1. The molecule has 0 aromatic carbocycles. The molecular weight excluding hydrogens is 344 g/mol. The van der Waals surface area contributed by atoms with Gasteiger partial charge in [-0.3, -0.25) is 14.4 Å². The van der Waals surface area contributed by atoms with Crippen LogP contribution in [0.1, 0.15) is 37.8 Å². The van der Waals surface area contributed by atoms with Crippen LogP contribution in [0.15, 0.2) is 6.07 Å². The summed E-state index contributed by atoms with van der Waals surface area (Å²) in [4.78, 5) is 14.4. The lowest BCUT2D eigenvalue weighted by molar-refractivity contribution is -0.121. The number of ether oxygens (including phenoxy) is 1. The van der Waals surface area contributed by atoms with Crippen LogP contribution in [-0.2, 0) is 26.6 Å². The summed E-state index contributed by atoms with van der Waals surface area (Å²) in [5, 5.41) is 4.26. The lowest BCUT2D eigenvalue weighted by atomic mass is 10.1. The largest absolute Gasteiger partial charge is 0.378 e. The van der Waals surface area contributed by atoms with Gasteiger partial charge in [0.25, 0.3) is 0 Å². The first-order chi connectivity index (χ1) is 11.9. The number of sulfonamides is 1. The predicted molar refractivity (Wildman–Crippen MR) is 93.8 cm³/mol. The summed E-state index contributed by atoms with van der Waals surface area (Å²) in [7, 11) is -1.73. The molecule has 2 aliphatic heterocycles. The van der Waals surface area contributed by atoms with Crippen molar-refractivity contribution in [3.8, 4) is 0 Å². The Labute approximate surface area is 148 Å². The highest BCUT2D eigenvalue weighted by Crippen LogP contribution is 2.22. The summed E-state index contributed by atoms with van der Waals surface area (Å²) < 4.78 is 34.4. The van der Waals surface area contributed by atoms with Gasteiger partial charge in [-0.05, 0) is 39.0 Å². The molecule has 2 fully saturated rings. The minimum atomic E-state index is -3.51. The molecule has 9 heteroatoms. The van der Waals surface area contributed by atoms with Crippen molar-refractivity contribution in [2.45, 2.75) is 51.2 Å². The van der Waals surface area contributed by atoms with Gasteiger partial charge in [0.2, 0.25) is 15.9 Å². The number of aryl methyl sites for hydroxylation is 2. The van der Waals surface area contributed by atoms with E-state index in [1.807, 2.05) is 13.0 Å². The second-order valence-corrected chi connectivity index (χ2v) is 8.69. The van der Waals surface area contributed by atoms with Gasteiger partial charge in [0.05, 0.1) is 17.6 Å². The predicted octanol–water partition coefficient (Wildman–Crippen LogP) is 0.712. The molecule has 140 valence electrons. The van der Waals surface area contributed by atoms with Gasteiger partial charge in [-0.25, -0.2) is 13.1 Å². The lowest BCUT2D eigenvalue weighted by Crippen LogP contribution is -2.53. The van der Waals surface area contributed by atoms with Crippen molar-refractivity contribution in [1.82, 2.24) is 14.5 Å². The average molecular weight is 370 g/mol. The molecule has 0 bridgehead atoms. The van der Waals surface area contributed by atoms with E-state index in [-0.39, 0.29) is 17.8 Å². The van der Waals surface area contributed by atoms with Crippen LogP contribution in [0.4, 0.5) is 5.82 Å². The molecule has 1 aromatic rings. The topological polar surface area (TPSA) is 93.5 Å². The maximum Gasteiger partial charge on any atom is 0.246 e. The smallest absolute Gasteiger partial charge is 0.246 e. The number of piperidine rings is 1. The molecule has 1 N–H and O–H groups in total. The van der Waals surface area contributed by atoms with Crippen LogP contribution in [0, 0.1) is 6.92 Å². The Balaban J connectivity index is 1.63. The second kappa shape index (κ2) is 7.43. The van der Waals surface area contributed by atoms with Crippen LogP contribution in [0.3, 0.4) is 0 Å². The molecule has 0 saturated carbocycles. The molecule has 2 unspecified atom stereocenters. The van der Waals surface area contributed by atoms with Gasteiger partial charge in [0.15, 0.2) is 0 Å². The first kappa shape index (κ1) is 18.3. The van der Waals surface area contributed by atoms with Crippen LogP contribution in [-0.4, -0.2) is 55.2 Å². The Morgan fingerprint density at radius 2 is 2.16 bits per heavy atom. The van der Waals surface area contributed by atoms with Crippen molar-refractivity contribution in [1.29, 1.82) is 0 Å². The summed E-state index contributed by atoms with van der Waals surface area (Å²) in [6.07, 6.45) is 3.65. The SMILES string of the molecule is Cc1cc(N2CCCC(NS(=O)(=O)CCC3CCCO3)C2=O)n(C)n1. The van der Waals surface area contributed by atoms with Crippen molar-refractivity contribution in [2.75, 3.05) is 23.8 Å². The third-order valence-electron chi connectivity index (χ3n) is 4.75. The van der Waals surface area contributed by atoms with Gasteiger partial charge >= 0.3 is 0 Å².